The first-order valence-electron chi connectivity index (χ1n) is 5.95. The minimum atomic E-state index is -0.332. The molecular formula is C13H23NO3. The molecule has 1 saturated heterocycles. The van der Waals surface area contributed by atoms with E-state index >= 15 is 0 Å². The van der Waals surface area contributed by atoms with Gasteiger partial charge in [-0.1, -0.05) is 26.8 Å². The maximum Gasteiger partial charge on any atom is 0.411 e. The minimum Gasteiger partial charge on any atom is -0.453 e. The van der Waals surface area contributed by atoms with E-state index in [-0.39, 0.29) is 29.9 Å². The number of hydrogen-bond acceptors (Lipinski definition) is 3. The van der Waals surface area contributed by atoms with Crippen LogP contribution in [0.15, 0.2) is 12.7 Å². The minimum absolute atomic E-state index is 0.00340. The van der Waals surface area contributed by atoms with Crippen molar-refractivity contribution in [3.63, 3.8) is 0 Å². The van der Waals surface area contributed by atoms with E-state index < -0.39 is 0 Å². The van der Waals surface area contributed by atoms with Gasteiger partial charge in [0.2, 0.25) is 0 Å². The first kappa shape index (κ1) is 14.0. The number of amides is 1. The van der Waals surface area contributed by atoms with E-state index in [9.17, 15) is 4.79 Å². The molecule has 0 saturated carbocycles. The Balaban J connectivity index is 3.00. The van der Waals surface area contributed by atoms with Crippen molar-refractivity contribution in [1.82, 2.24) is 4.90 Å². The molecule has 0 unspecified atom stereocenters. The lowest BCUT2D eigenvalue weighted by molar-refractivity contribution is -0.0588. The zero-order chi connectivity index (χ0) is 13.2. The molecule has 0 aliphatic carbocycles. The van der Waals surface area contributed by atoms with Crippen molar-refractivity contribution >= 4 is 6.09 Å². The highest BCUT2D eigenvalue weighted by atomic mass is 16.6. The molecule has 98 valence electrons. The fourth-order valence-electron chi connectivity index (χ4n) is 2.19. The standard InChI is InChI=1S/C13H23NO3/c1-7-8-10-9(2)17-11(13(3,4)5)14(10)12(15)16-6/h7,9-11H,1,8H2,2-6H3/t9-,10-,11-/m1/s1. The van der Waals surface area contributed by atoms with Crippen LogP contribution < -0.4 is 0 Å². The first-order valence-corrected chi connectivity index (χ1v) is 5.95. The van der Waals surface area contributed by atoms with Crippen molar-refractivity contribution in [3.05, 3.63) is 12.7 Å². The van der Waals surface area contributed by atoms with E-state index in [1.54, 1.807) is 4.90 Å². The summed E-state index contributed by atoms with van der Waals surface area (Å²) in [5.41, 5.74) is -0.141. The maximum atomic E-state index is 11.9. The molecule has 0 N–H and O–H groups in total. The Kier molecular flexibility index (Phi) is 4.20. The molecule has 1 rings (SSSR count). The number of carbonyl (C=O) groups excluding carboxylic acids is 1. The van der Waals surface area contributed by atoms with Gasteiger partial charge in [0.05, 0.1) is 19.3 Å². The van der Waals surface area contributed by atoms with Gasteiger partial charge in [-0.15, -0.1) is 6.58 Å². The van der Waals surface area contributed by atoms with Crippen molar-refractivity contribution < 1.29 is 14.3 Å². The van der Waals surface area contributed by atoms with Crippen LogP contribution in [0.2, 0.25) is 0 Å². The topological polar surface area (TPSA) is 38.8 Å². The molecule has 0 aromatic rings. The summed E-state index contributed by atoms with van der Waals surface area (Å²) in [5.74, 6) is 0. The van der Waals surface area contributed by atoms with Crippen LogP contribution in [0.1, 0.15) is 34.1 Å². The quantitative estimate of drug-likeness (QED) is 0.698. The van der Waals surface area contributed by atoms with Crippen molar-refractivity contribution in [3.8, 4) is 0 Å². The molecule has 0 bridgehead atoms. The Bertz CT molecular complexity index is 296. The average Bonchev–Trinajstić information content (AvgIpc) is 2.56. The molecule has 0 aromatic carbocycles. The van der Waals surface area contributed by atoms with Crippen LogP contribution in [0.3, 0.4) is 0 Å². The molecule has 3 atom stereocenters. The summed E-state index contributed by atoms with van der Waals surface area (Å²) >= 11 is 0. The Morgan fingerprint density at radius 2 is 2.12 bits per heavy atom. The largest absolute Gasteiger partial charge is 0.453 e. The second kappa shape index (κ2) is 5.08. The first-order chi connectivity index (χ1) is 7.82. The fraction of sp³-hybridized carbons (Fsp3) is 0.769. The van der Waals surface area contributed by atoms with Crippen molar-refractivity contribution in [2.75, 3.05) is 7.11 Å². The van der Waals surface area contributed by atoms with E-state index in [1.165, 1.54) is 7.11 Å². The highest BCUT2D eigenvalue weighted by Gasteiger charge is 2.47. The van der Waals surface area contributed by atoms with E-state index in [0.29, 0.717) is 6.42 Å². The highest BCUT2D eigenvalue weighted by Crippen LogP contribution is 2.36. The van der Waals surface area contributed by atoms with Crippen LogP contribution in [-0.2, 0) is 9.47 Å². The Labute approximate surface area is 104 Å². The summed E-state index contributed by atoms with van der Waals surface area (Å²) in [6.07, 6.45) is 1.93. The number of ether oxygens (including phenoxy) is 2. The van der Waals surface area contributed by atoms with Crippen LogP contribution >= 0.6 is 0 Å². The van der Waals surface area contributed by atoms with Gasteiger partial charge in [0.25, 0.3) is 0 Å². The predicted octanol–water partition coefficient (Wildman–Crippen LogP) is 2.79. The molecule has 4 heteroatoms. The normalized spacial score (nSPS) is 29.2. The summed E-state index contributed by atoms with van der Waals surface area (Å²) in [6.45, 7) is 11.9. The van der Waals surface area contributed by atoms with Gasteiger partial charge in [-0.3, -0.25) is 4.90 Å². The second-order valence-corrected chi connectivity index (χ2v) is 5.53. The molecule has 1 aliphatic heterocycles. The summed E-state index contributed by atoms with van der Waals surface area (Å²) in [6, 6.07) is 0.00387. The Morgan fingerprint density at radius 3 is 2.53 bits per heavy atom. The summed E-state index contributed by atoms with van der Waals surface area (Å²) in [4.78, 5) is 13.6. The lowest BCUT2D eigenvalue weighted by atomic mass is 9.93. The monoisotopic (exact) mass is 241 g/mol. The van der Waals surface area contributed by atoms with Crippen LogP contribution in [0.25, 0.3) is 0 Å². The van der Waals surface area contributed by atoms with Gasteiger partial charge >= 0.3 is 6.09 Å². The third-order valence-electron chi connectivity index (χ3n) is 3.03. The summed E-state index contributed by atoms with van der Waals surface area (Å²) in [5, 5.41) is 0. The third-order valence-corrected chi connectivity index (χ3v) is 3.03. The zero-order valence-electron chi connectivity index (χ0n) is 11.4. The van der Waals surface area contributed by atoms with Crippen molar-refractivity contribution in [2.45, 2.75) is 52.5 Å². The maximum absolute atomic E-state index is 11.9. The molecular weight excluding hydrogens is 218 g/mol. The lowest BCUT2D eigenvalue weighted by Crippen LogP contribution is -2.47. The van der Waals surface area contributed by atoms with Gasteiger partial charge in [0.1, 0.15) is 6.23 Å². The molecule has 1 fully saturated rings. The number of methoxy groups -OCH3 is 1. The SMILES string of the molecule is C=CC[C@@H]1[C@@H](C)O[C@H](C(C)(C)C)N1C(=O)OC. The molecule has 0 radical (unpaired) electrons. The number of rotatable bonds is 2. The summed E-state index contributed by atoms with van der Waals surface area (Å²) < 4.78 is 10.8. The van der Waals surface area contributed by atoms with Crippen molar-refractivity contribution in [2.24, 2.45) is 5.41 Å². The van der Waals surface area contributed by atoms with Crippen LogP contribution in [-0.4, -0.2) is 36.5 Å². The van der Waals surface area contributed by atoms with Gasteiger partial charge in [0, 0.05) is 5.41 Å². The smallest absolute Gasteiger partial charge is 0.411 e. The van der Waals surface area contributed by atoms with Crippen molar-refractivity contribution in [1.29, 1.82) is 0 Å². The second-order valence-electron chi connectivity index (χ2n) is 5.53. The van der Waals surface area contributed by atoms with E-state index in [0.717, 1.165) is 0 Å². The van der Waals surface area contributed by atoms with Crippen LogP contribution in [0.4, 0.5) is 4.79 Å². The zero-order valence-corrected chi connectivity index (χ0v) is 11.4. The molecule has 0 aromatic heterocycles. The van der Waals surface area contributed by atoms with Gasteiger partial charge in [-0.2, -0.15) is 0 Å². The molecule has 0 spiro atoms. The molecule has 1 aliphatic rings. The highest BCUT2D eigenvalue weighted by molar-refractivity contribution is 5.68. The summed E-state index contributed by atoms with van der Waals surface area (Å²) in [7, 11) is 1.40. The molecule has 4 nitrogen and oxygen atoms in total. The molecule has 1 heterocycles. The Hall–Kier alpha value is -1.03. The fourth-order valence-corrected chi connectivity index (χ4v) is 2.19. The average molecular weight is 241 g/mol. The lowest BCUT2D eigenvalue weighted by Gasteiger charge is -2.34. The van der Waals surface area contributed by atoms with E-state index in [1.807, 2.05) is 13.0 Å². The Morgan fingerprint density at radius 1 is 1.53 bits per heavy atom. The third kappa shape index (κ3) is 2.80. The van der Waals surface area contributed by atoms with E-state index in [4.69, 9.17) is 9.47 Å². The van der Waals surface area contributed by atoms with Crippen LogP contribution in [0.5, 0.6) is 0 Å². The van der Waals surface area contributed by atoms with Crippen LogP contribution in [0, 0.1) is 5.41 Å². The predicted molar refractivity (Wildman–Crippen MR) is 66.6 cm³/mol. The van der Waals surface area contributed by atoms with Gasteiger partial charge < -0.3 is 9.47 Å². The number of hydrogen-bond donors (Lipinski definition) is 0. The number of carbonyl (C=O) groups is 1. The number of nitrogens with zero attached hydrogens (tertiary/aromatic N) is 1. The van der Waals surface area contributed by atoms with E-state index in [2.05, 4.69) is 27.4 Å². The van der Waals surface area contributed by atoms with Gasteiger partial charge in [0.15, 0.2) is 0 Å². The molecule has 1 amide bonds. The van der Waals surface area contributed by atoms with Gasteiger partial charge in [-0.05, 0) is 13.3 Å². The molecule has 17 heavy (non-hydrogen) atoms. The van der Waals surface area contributed by atoms with Gasteiger partial charge in [-0.25, -0.2) is 4.79 Å².